The Labute approximate surface area is 116 Å². The van der Waals surface area contributed by atoms with Crippen molar-refractivity contribution < 1.29 is 0 Å². The average molecular weight is 262 g/mol. The van der Waals surface area contributed by atoms with Crippen molar-refractivity contribution >= 4 is 23.1 Å². The highest BCUT2D eigenvalue weighted by Gasteiger charge is 2.01. The Morgan fingerprint density at radius 1 is 1.00 bits per heavy atom. The van der Waals surface area contributed by atoms with E-state index in [4.69, 9.17) is 0 Å². The maximum Gasteiger partial charge on any atom is 0.260 e. The fraction of sp³-hybridized carbons (Fsp3) is 0.0588. The molecule has 0 unspecified atom stereocenters. The molecule has 3 heteroatoms. The molecular formula is C17H14N2O. The van der Waals surface area contributed by atoms with Crippen molar-refractivity contribution in [2.75, 3.05) is 0 Å². The van der Waals surface area contributed by atoms with Crippen LogP contribution in [-0.4, -0.2) is 9.55 Å². The van der Waals surface area contributed by atoms with Gasteiger partial charge in [0.25, 0.3) is 5.56 Å². The van der Waals surface area contributed by atoms with Gasteiger partial charge in [0, 0.05) is 7.05 Å². The Hall–Kier alpha value is -2.68. The first-order chi connectivity index (χ1) is 9.74. The van der Waals surface area contributed by atoms with Crippen molar-refractivity contribution in [2.45, 2.75) is 0 Å². The summed E-state index contributed by atoms with van der Waals surface area (Å²) in [5.74, 6) is 0. The summed E-state index contributed by atoms with van der Waals surface area (Å²) < 4.78 is 1.49. The van der Waals surface area contributed by atoms with Gasteiger partial charge in [0.15, 0.2) is 0 Å². The molecule has 98 valence electrons. The Balaban J connectivity index is 2.03. The molecule has 0 saturated carbocycles. The Morgan fingerprint density at radius 3 is 2.55 bits per heavy atom. The molecule has 0 fully saturated rings. The van der Waals surface area contributed by atoms with E-state index in [1.54, 1.807) is 13.4 Å². The number of hydrogen-bond donors (Lipinski definition) is 0. The van der Waals surface area contributed by atoms with Gasteiger partial charge in [-0.1, -0.05) is 48.6 Å². The van der Waals surface area contributed by atoms with Crippen LogP contribution in [0.2, 0.25) is 0 Å². The highest BCUT2D eigenvalue weighted by Crippen LogP contribution is 2.13. The van der Waals surface area contributed by atoms with Crippen LogP contribution in [0.25, 0.3) is 23.1 Å². The summed E-state index contributed by atoms with van der Waals surface area (Å²) in [7, 11) is 1.71. The van der Waals surface area contributed by atoms with Gasteiger partial charge in [-0.05, 0) is 23.3 Å². The quantitative estimate of drug-likeness (QED) is 0.665. The third-order valence-corrected chi connectivity index (χ3v) is 3.21. The molecule has 0 atom stereocenters. The van der Waals surface area contributed by atoms with E-state index in [0.29, 0.717) is 5.39 Å². The number of aryl methyl sites for hydroxylation is 1. The molecule has 0 N–H and O–H groups in total. The zero-order valence-corrected chi connectivity index (χ0v) is 11.2. The number of rotatable bonds is 2. The topological polar surface area (TPSA) is 34.9 Å². The minimum Gasteiger partial charge on any atom is -0.302 e. The first kappa shape index (κ1) is 12.4. The van der Waals surface area contributed by atoms with E-state index in [-0.39, 0.29) is 5.56 Å². The van der Waals surface area contributed by atoms with Crippen LogP contribution in [-0.2, 0) is 7.05 Å². The molecule has 0 amide bonds. The first-order valence-corrected chi connectivity index (χ1v) is 6.42. The predicted molar refractivity (Wildman–Crippen MR) is 82.4 cm³/mol. The van der Waals surface area contributed by atoms with E-state index < -0.39 is 0 Å². The van der Waals surface area contributed by atoms with Gasteiger partial charge in [0.2, 0.25) is 0 Å². The molecular weight excluding hydrogens is 248 g/mol. The van der Waals surface area contributed by atoms with Gasteiger partial charge < -0.3 is 4.57 Å². The second-order valence-corrected chi connectivity index (χ2v) is 4.68. The molecule has 0 aliphatic heterocycles. The minimum absolute atomic E-state index is 0.0232. The third-order valence-electron chi connectivity index (χ3n) is 3.21. The predicted octanol–water partition coefficient (Wildman–Crippen LogP) is 3.10. The molecule has 20 heavy (non-hydrogen) atoms. The third kappa shape index (κ3) is 2.38. The SMILES string of the molecule is Cn1cnc2ccc(/C=C/c3ccccc3)cc2c1=O. The van der Waals surface area contributed by atoms with Crippen LogP contribution in [0.4, 0.5) is 0 Å². The Bertz CT molecular complexity index is 832. The van der Waals surface area contributed by atoms with Crippen LogP contribution in [0.1, 0.15) is 11.1 Å². The smallest absolute Gasteiger partial charge is 0.260 e. The van der Waals surface area contributed by atoms with E-state index in [1.807, 2.05) is 60.7 Å². The van der Waals surface area contributed by atoms with Gasteiger partial charge >= 0.3 is 0 Å². The van der Waals surface area contributed by atoms with Crippen molar-refractivity contribution in [3.63, 3.8) is 0 Å². The Morgan fingerprint density at radius 2 is 1.75 bits per heavy atom. The highest BCUT2D eigenvalue weighted by molar-refractivity contribution is 5.82. The standard InChI is InChI=1S/C17H14N2O/c1-19-12-18-16-10-9-14(11-15(16)17(19)20)8-7-13-5-3-2-4-6-13/h2-12H,1H3/b8-7+. The van der Waals surface area contributed by atoms with E-state index >= 15 is 0 Å². The molecule has 3 aromatic rings. The van der Waals surface area contributed by atoms with Gasteiger partial charge in [-0.3, -0.25) is 4.79 Å². The maximum absolute atomic E-state index is 12.1. The number of aromatic nitrogens is 2. The van der Waals surface area contributed by atoms with Crippen molar-refractivity contribution in [3.8, 4) is 0 Å². The number of nitrogens with zero attached hydrogens (tertiary/aromatic N) is 2. The molecule has 0 radical (unpaired) electrons. The van der Waals surface area contributed by atoms with Crippen LogP contribution in [0.15, 0.2) is 59.7 Å². The summed E-state index contributed by atoms with van der Waals surface area (Å²) in [6.07, 6.45) is 5.58. The molecule has 1 heterocycles. The van der Waals surface area contributed by atoms with Crippen LogP contribution in [0, 0.1) is 0 Å². The second kappa shape index (κ2) is 5.13. The summed E-state index contributed by atoms with van der Waals surface area (Å²) in [6, 6.07) is 15.8. The normalized spacial score (nSPS) is 11.2. The zero-order chi connectivity index (χ0) is 13.9. The molecule has 0 spiro atoms. The van der Waals surface area contributed by atoms with Crippen LogP contribution < -0.4 is 5.56 Å². The minimum atomic E-state index is -0.0232. The molecule has 3 nitrogen and oxygen atoms in total. The largest absolute Gasteiger partial charge is 0.302 e. The summed E-state index contributed by atoms with van der Waals surface area (Å²) in [5.41, 5.74) is 2.83. The molecule has 0 saturated heterocycles. The van der Waals surface area contributed by atoms with Crippen molar-refractivity contribution in [1.82, 2.24) is 9.55 Å². The lowest BCUT2D eigenvalue weighted by atomic mass is 10.1. The van der Waals surface area contributed by atoms with Gasteiger partial charge in [0.1, 0.15) is 0 Å². The van der Waals surface area contributed by atoms with Crippen molar-refractivity contribution in [3.05, 3.63) is 76.3 Å². The summed E-state index contributed by atoms with van der Waals surface area (Å²) in [4.78, 5) is 16.3. The highest BCUT2D eigenvalue weighted by atomic mass is 16.1. The number of benzene rings is 2. The lowest BCUT2D eigenvalue weighted by molar-refractivity contribution is 0.843. The summed E-state index contributed by atoms with van der Waals surface area (Å²) in [5, 5.41) is 0.644. The van der Waals surface area contributed by atoms with E-state index in [9.17, 15) is 4.79 Å². The first-order valence-electron chi connectivity index (χ1n) is 6.42. The van der Waals surface area contributed by atoms with Gasteiger partial charge in [-0.15, -0.1) is 0 Å². The summed E-state index contributed by atoms with van der Waals surface area (Å²) in [6.45, 7) is 0. The lowest BCUT2D eigenvalue weighted by Crippen LogP contribution is -2.16. The average Bonchev–Trinajstić information content (AvgIpc) is 2.50. The lowest BCUT2D eigenvalue weighted by Gasteiger charge is -2.01. The van der Waals surface area contributed by atoms with Crippen LogP contribution >= 0.6 is 0 Å². The fourth-order valence-electron chi connectivity index (χ4n) is 2.09. The molecule has 3 rings (SSSR count). The maximum atomic E-state index is 12.1. The molecule has 2 aromatic carbocycles. The zero-order valence-electron chi connectivity index (χ0n) is 11.2. The van der Waals surface area contributed by atoms with Crippen LogP contribution in [0.3, 0.4) is 0 Å². The Kier molecular flexibility index (Phi) is 3.17. The van der Waals surface area contributed by atoms with Gasteiger partial charge in [-0.2, -0.15) is 0 Å². The van der Waals surface area contributed by atoms with Crippen molar-refractivity contribution in [2.24, 2.45) is 7.05 Å². The summed E-state index contributed by atoms with van der Waals surface area (Å²) >= 11 is 0. The molecule has 0 bridgehead atoms. The number of hydrogen-bond acceptors (Lipinski definition) is 2. The monoisotopic (exact) mass is 262 g/mol. The fourth-order valence-corrected chi connectivity index (χ4v) is 2.09. The molecule has 1 aromatic heterocycles. The van der Waals surface area contributed by atoms with Gasteiger partial charge in [0.05, 0.1) is 17.2 Å². The van der Waals surface area contributed by atoms with Gasteiger partial charge in [-0.25, -0.2) is 4.98 Å². The van der Waals surface area contributed by atoms with E-state index in [0.717, 1.165) is 16.6 Å². The number of fused-ring (bicyclic) bond motifs is 1. The van der Waals surface area contributed by atoms with E-state index in [1.165, 1.54) is 4.57 Å². The van der Waals surface area contributed by atoms with Crippen molar-refractivity contribution in [1.29, 1.82) is 0 Å². The second-order valence-electron chi connectivity index (χ2n) is 4.68. The molecule has 0 aliphatic rings. The molecule has 0 aliphatic carbocycles. The van der Waals surface area contributed by atoms with E-state index in [2.05, 4.69) is 4.98 Å². The van der Waals surface area contributed by atoms with Crippen LogP contribution in [0.5, 0.6) is 0 Å².